The molecule has 2 heterocycles. The minimum atomic E-state index is 0.982. The van der Waals surface area contributed by atoms with Gasteiger partial charge in [0.25, 0.3) is 0 Å². The van der Waals surface area contributed by atoms with E-state index in [0.29, 0.717) is 0 Å². The highest BCUT2D eigenvalue weighted by atomic mass is 32.1. The van der Waals surface area contributed by atoms with Gasteiger partial charge < -0.3 is 9.64 Å². The second-order valence-electron chi connectivity index (χ2n) is 8.73. The number of para-hydroxylation sites is 2. The smallest absolute Gasteiger partial charge is 0.142 e. The molecule has 5 heteroatoms. The van der Waals surface area contributed by atoms with Crippen molar-refractivity contribution in [3.05, 3.63) is 59.5 Å². The summed E-state index contributed by atoms with van der Waals surface area (Å²) in [6.45, 7) is 11.4. The zero-order chi connectivity index (χ0) is 22.2. The maximum atomic E-state index is 5.55. The van der Waals surface area contributed by atoms with Gasteiger partial charge in [0.1, 0.15) is 5.75 Å². The van der Waals surface area contributed by atoms with Gasteiger partial charge in [0.05, 0.1) is 12.8 Å². The number of anilines is 1. The molecule has 0 bridgehead atoms. The molecule has 172 valence electrons. The molecule has 1 aliphatic heterocycles. The Kier molecular flexibility index (Phi) is 8.43. The van der Waals surface area contributed by atoms with E-state index < -0.39 is 0 Å². The molecule has 1 saturated heterocycles. The molecular weight excluding hydrogens is 414 g/mol. The lowest BCUT2D eigenvalue weighted by molar-refractivity contribution is 0.230. The van der Waals surface area contributed by atoms with Crippen LogP contribution < -0.4 is 9.64 Å². The van der Waals surface area contributed by atoms with E-state index in [9.17, 15) is 0 Å². The van der Waals surface area contributed by atoms with Crippen molar-refractivity contribution >= 4 is 27.1 Å². The van der Waals surface area contributed by atoms with Crippen LogP contribution in [0.15, 0.2) is 54.6 Å². The summed E-state index contributed by atoms with van der Waals surface area (Å²) in [5, 5.41) is 1.39. The molecule has 0 atom stereocenters. The van der Waals surface area contributed by atoms with Crippen LogP contribution in [0.3, 0.4) is 0 Å². The number of rotatable bonds is 11. The summed E-state index contributed by atoms with van der Waals surface area (Å²) in [5.41, 5.74) is 1.23. The lowest BCUT2D eigenvalue weighted by atomic mass is 10.2. The van der Waals surface area contributed by atoms with Crippen LogP contribution in [-0.4, -0.2) is 62.7 Å². The molecule has 3 aromatic rings. The first-order valence-electron chi connectivity index (χ1n) is 12.1. The van der Waals surface area contributed by atoms with Crippen LogP contribution in [0.4, 0.5) is 5.69 Å². The lowest BCUT2D eigenvalue weighted by Gasteiger charge is -2.36. The molecular formula is C27H37N3OS. The van der Waals surface area contributed by atoms with E-state index in [4.69, 9.17) is 4.74 Å². The number of nitrogens with zero attached hydrogens (tertiary/aromatic N) is 3. The summed E-state index contributed by atoms with van der Waals surface area (Å²) in [6, 6.07) is 19.5. The quantitative estimate of drug-likeness (QED) is 0.347. The summed E-state index contributed by atoms with van der Waals surface area (Å²) in [4.78, 5) is 9.22. The molecule has 1 aromatic heterocycles. The molecule has 4 rings (SSSR count). The van der Waals surface area contributed by atoms with Crippen molar-refractivity contribution in [1.82, 2.24) is 9.80 Å². The lowest BCUT2D eigenvalue weighted by Crippen LogP contribution is -2.46. The Bertz CT molecular complexity index is 931. The number of piperazine rings is 1. The van der Waals surface area contributed by atoms with Crippen molar-refractivity contribution in [2.75, 3.05) is 57.8 Å². The van der Waals surface area contributed by atoms with Gasteiger partial charge in [-0.2, -0.15) is 0 Å². The first kappa shape index (κ1) is 23.1. The third kappa shape index (κ3) is 6.03. The van der Waals surface area contributed by atoms with Crippen LogP contribution >= 0.6 is 11.3 Å². The molecule has 2 aromatic carbocycles. The number of fused-ring (bicyclic) bond motifs is 1. The van der Waals surface area contributed by atoms with Crippen LogP contribution in [0.1, 0.15) is 31.1 Å². The van der Waals surface area contributed by atoms with Gasteiger partial charge in [-0.1, -0.05) is 37.3 Å². The zero-order valence-electron chi connectivity index (χ0n) is 19.6. The average molecular weight is 452 g/mol. The Morgan fingerprint density at radius 2 is 1.72 bits per heavy atom. The van der Waals surface area contributed by atoms with Gasteiger partial charge in [-0.3, -0.25) is 9.80 Å². The molecule has 1 fully saturated rings. The van der Waals surface area contributed by atoms with Crippen molar-refractivity contribution < 1.29 is 4.74 Å². The van der Waals surface area contributed by atoms with Gasteiger partial charge in [-0.25, -0.2) is 0 Å². The van der Waals surface area contributed by atoms with Crippen molar-refractivity contribution in [1.29, 1.82) is 0 Å². The van der Waals surface area contributed by atoms with E-state index in [1.54, 1.807) is 7.11 Å². The van der Waals surface area contributed by atoms with Crippen LogP contribution in [0, 0.1) is 0 Å². The van der Waals surface area contributed by atoms with Crippen molar-refractivity contribution in [2.24, 2.45) is 0 Å². The van der Waals surface area contributed by atoms with E-state index in [1.807, 2.05) is 17.4 Å². The first-order valence-corrected chi connectivity index (χ1v) is 12.9. The molecule has 0 saturated carbocycles. The van der Waals surface area contributed by atoms with E-state index in [0.717, 1.165) is 38.5 Å². The van der Waals surface area contributed by atoms with E-state index >= 15 is 0 Å². The Morgan fingerprint density at radius 3 is 2.50 bits per heavy atom. The predicted molar refractivity (Wildman–Crippen MR) is 138 cm³/mol. The highest BCUT2D eigenvalue weighted by Crippen LogP contribution is 2.28. The number of hydrogen-bond donors (Lipinski definition) is 0. The molecule has 0 radical (unpaired) electrons. The Balaban J connectivity index is 1.19. The van der Waals surface area contributed by atoms with Gasteiger partial charge in [-0.05, 0) is 68.5 Å². The summed E-state index contributed by atoms with van der Waals surface area (Å²) in [7, 11) is 1.76. The van der Waals surface area contributed by atoms with E-state index in [1.165, 1.54) is 59.5 Å². The summed E-state index contributed by atoms with van der Waals surface area (Å²) in [6.07, 6.45) is 3.77. The zero-order valence-corrected chi connectivity index (χ0v) is 20.4. The summed E-state index contributed by atoms with van der Waals surface area (Å²) >= 11 is 1.95. The molecule has 0 amide bonds. The fraction of sp³-hybridized carbons (Fsp3) is 0.481. The predicted octanol–water partition coefficient (Wildman–Crippen LogP) is 5.72. The topological polar surface area (TPSA) is 19.0 Å². The Hall–Kier alpha value is -2.08. The molecule has 0 aliphatic carbocycles. The van der Waals surface area contributed by atoms with E-state index in [2.05, 4.69) is 70.2 Å². The number of methoxy groups -OCH3 is 1. The summed E-state index contributed by atoms with van der Waals surface area (Å²) in [5.74, 6) is 0.982. The number of benzene rings is 2. The number of hydrogen-bond acceptors (Lipinski definition) is 5. The van der Waals surface area contributed by atoms with Crippen LogP contribution in [0.2, 0.25) is 0 Å². The first-order chi connectivity index (χ1) is 15.8. The third-order valence-electron chi connectivity index (χ3n) is 6.39. The number of thiophene rings is 1. The molecule has 0 N–H and O–H groups in total. The highest BCUT2D eigenvalue weighted by molar-refractivity contribution is 7.19. The van der Waals surface area contributed by atoms with E-state index in [-0.39, 0.29) is 0 Å². The minimum Gasteiger partial charge on any atom is -0.495 e. The maximum Gasteiger partial charge on any atom is 0.142 e. The van der Waals surface area contributed by atoms with Crippen LogP contribution in [-0.2, 0) is 6.54 Å². The molecule has 0 spiro atoms. The summed E-state index contributed by atoms with van der Waals surface area (Å²) < 4.78 is 6.96. The second-order valence-corrected chi connectivity index (χ2v) is 9.90. The number of unbranched alkanes of at least 4 members (excludes halogenated alkanes) is 1. The van der Waals surface area contributed by atoms with Crippen molar-refractivity contribution in [2.45, 2.75) is 32.7 Å². The van der Waals surface area contributed by atoms with Crippen molar-refractivity contribution in [3.8, 4) is 5.75 Å². The van der Waals surface area contributed by atoms with Crippen molar-refractivity contribution in [3.63, 3.8) is 0 Å². The normalized spacial score (nSPS) is 15.0. The van der Waals surface area contributed by atoms with Gasteiger partial charge in [0.2, 0.25) is 0 Å². The SMILES string of the molecule is CCCN(CCCCN1CCN(c2ccccc2OC)CC1)Cc1cc2ccccc2s1. The molecule has 32 heavy (non-hydrogen) atoms. The van der Waals surface area contributed by atoms with Gasteiger partial charge in [0.15, 0.2) is 0 Å². The fourth-order valence-corrected chi connectivity index (χ4v) is 5.80. The molecule has 1 aliphatic rings. The Morgan fingerprint density at radius 1 is 0.938 bits per heavy atom. The van der Waals surface area contributed by atoms with Gasteiger partial charge >= 0.3 is 0 Å². The second kappa shape index (κ2) is 11.7. The maximum absolute atomic E-state index is 5.55. The monoisotopic (exact) mass is 451 g/mol. The van der Waals surface area contributed by atoms with Gasteiger partial charge in [-0.15, -0.1) is 11.3 Å². The highest BCUT2D eigenvalue weighted by Gasteiger charge is 2.19. The molecule has 4 nitrogen and oxygen atoms in total. The third-order valence-corrected chi connectivity index (χ3v) is 7.49. The Labute approximate surface area is 197 Å². The minimum absolute atomic E-state index is 0.982. The van der Waals surface area contributed by atoms with Gasteiger partial charge in [0, 0.05) is 42.3 Å². The van der Waals surface area contributed by atoms with Crippen LogP contribution in [0.25, 0.3) is 10.1 Å². The standard InChI is InChI=1S/C27H37N3OS/c1-3-14-29(22-24-21-23-10-4-7-13-27(23)32-24)16-9-8-15-28-17-19-30(20-18-28)25-11-5-6-12-26(25)31-2/h4-7,10-13,21H,3,8-9,14-20,22H2,1-2H3. The fourth-order valence-electron chi connectivity index (χ4n) is 4.70. The largest absolute Gasteiger partial charge is 0.495 e. The number of ether oxygens (including phenoxy) is 1. The average Bonchev–Trinajstić information content (AvgIpc) is 3.24. The van der Waals surface area contributed by atoms with Crippen LogP contribution in [0.5, 0.6) is 5.75 Å². The molecule has 0 unspecified atom stereocenters.